The van der Waals surface area contributed by atoms with Gasteiger partial charge in [0.25, 0.3) is 0 Å². The SMILES string of the molecule is C[CH](CC(=O)O)[Ge]([c]1ccccc1)([c]1ccccc1)[c]1ccccc1. The van der Waals surface area contributed by atoms with Crippen LogP contribution in [0, 0.1) is 0 Å². The van der Waals surface area contributed by atoms with E-state index in [4.69, 9.17) is 0 Å². The van der Waals surface area contributed by atoms with E-state index in [1.54, 1.807) is 0 Å². The Morgan fingerprint density at radius 3 is 1.36 bits per heavy atom. The minimum absolute atomic E-state index is 0.0738. The molecule has 3 rings (SSSR count). The fraction of sp³-hybridized carbons (Fsp3) is 0.136. The summed E-state index contributed by atoms with van der Waals surface area (Å²) in [4.78, 5) is 11.6. The summed E-state index contributed by atoms with van der Waals surface area (Å²) in [5, 5.41) is 9.52. The zero-order valence-corrected chi connectivity index (χ0v) is 16.4. The first-order valence-corrected chi connectivity index (χ1v) is 12.9. The van der Waals surface area contributed by atoms with Crippen LogP contribution in [-0.4, -0.2) is 24.3 Å². The molecule has 1 atom stereocenters. The van der Waals surface area contributed by atoms with Crippen molar-refractivity contribution in [2.45, 2.75) is 18.1 Å². The molecule has 0 radical (unpaired) electrons. The number of rotatable bonds is 6. The molecule has 0 heterocycles. The molecule has 3 aromatic carbocycles. The molecule has 0 spiro atoms. The van der Waals surface area contributed by atoms with E-state index in [0.717, 1.165) is 0 Å². The molecule has 0 saturated heterocycles. The van der Waals surface area contributed by atoms with Gasteiger partial charge in [-0.3, -0.25) is 0 Å². The number of carbonyl (C=O) groups is 1. The average molecular weight is 391 g/mol. The van der Waals surface area contributed by atoms with Crippen LogP contribution in [0.4, 0.5) is 0 Å². The topological polar surface area (TPSA) is 37.3 Å². The van der Waals surface area contributed by atoms with Crippen LogP contribution in [0.1, 0.15) is 13.3 Å². The van der Waals surface area contributed by atoms with Gasteiger partial charge in [0.1, 0.15) is 0 Å². The molecule has 1 N–H and O–H groups in total. The van der Waals surface area contributed by atoms with Crippen LogP contribution in [0.25, 0.3) is 0 Å². The van der Waals surface area contributed by atoms with Gasteiger partial charge in [0.15, 0.2) is 0 Å². The van der Waals surface area contributed by atoms with Crippen LogP contribution in [0.3, 0.4) is 0 Å². The molecular formula is C22H22GeO2. The van der Waals surface area contributed by atoms with Gasteiger partial charge < -0.3 is 0 Å². The Morgan fingerprint density at radius 2 is 1.08 bits per heavy atom. The number of carboxylic acids is 1. The Morgan fingerprint density at radius 1 is 0.760 bits per heavy atom. The molecular weight excluding hydrogens is 369 g/mol. The van der Waals surface area contributed by atoms with Crippen LogP contribution in [-0.2, 0) is 4.79 Å². The minimum atomic E-state index is -3.16. The summed E-state index contributed by atoms with van der Waals surface area (Å²) in [6.45, 7) is 2.11. The summed E-state index contributed by atoms with van der Waals surface area (Å²) in [5.41, 5.74) is 0. The van der Waals surface area contributed by atoms with Crippen molar-refractivity contribution in [2.75, 3.05) is 0 Å². The third kappa shape index (κ3) is 3.40. The van der Waals surface area contributed by atoms with Gasteiger partial charge in [-0.05, 0) is 0 Å². The van der Waals surface area contributed by atoms with E-state index in [2.05, 4.69) is 79.7 Å². The number of aliphatic carboxylic acids is 1. The van der Waals surface area contributed by atoms with Crippen molar-refractivity contribution >= 4 is 32.4 Å². The molecule has 2 nitrogen and oxygen atoms in total. The monoisotopic (exact) mass is 392 g/mol. The maximum atomic E-state index is 11.6. The third-order valence-electron chi connectivity index (χ3n) is 4.91. The van der Waals surface area contributed by atoms with Crippen LogP contribution < -0.4 is 13.2 Å². The molecule has 0 bridgehead atoms. The summed E-state index contributed by atoms with van der Waals surface area (Å²) >= 11 is -3.16. The predicted molar refractivity (Wildman–Crippen MR) is 106 cm³/mol. The first-order valence-electron chi connectivity index (χ1n) is 8.54. The Bertz CT molecular complexity index is 720. The molecule has 0 aromatic heterocycles. The van der Waals surface area contributed by atoms with Crippen LogP contribution in [0.15, 0.2) is 91.0 Å². The van der Waals surface area contributed by atoms with Crippen molar-refractivity contribution < 1.29 is 9.90 Å². The van der Waals surface area contributed by atoms with Crippen molar-refractivity contribution in [3.05, 3.63) is 91.0 Å². The molecule has 0 saturated carbocycles. The maximum absolute atomic E-state index is 11.6. The molecule has 0 fully saturated rings. The Hall–Kier alpha value is -2.33. The van der Waals surface area contributed by atoms with E-state index in [-0.39, 0.29) is 11.2 Å². The van der Waals surface area contributed by atoms with E-state index in [1.807, 2.05) is 18.2 Å². The first-order chi connectivity index (χ1) is 12.2. The number of carboxylic acid groups (broad SMARTS) is 1. The van der Waals surface area contributed by atoms with Crippen LogP contribution >= 0.6 is 0 Å². The molecule has 3 aromatic rings. The van der Waals surface area contributed by atoms with Crippen molar-refractivity contribution in [2.24, 2.45) is 0 Å². The molecule has 126 valence electrons. The number of hydrogen-bond acceptors (Lipinski definition) is 1. The van der Waals surface area contributed by atoms with Crippen molar-refractivity contribution in [3.8, 4) is 0 Å². The summed E-state index contributed by atoms with van der Waals surface area (Å²) in [5.74, 6) is -0.731. The second kappa shape index (κ2) is 7.70. The van der Waals surface area contributed by atoms with E-state index in [1.165, 1.54) is 13.2 Å². The fourth-order valence-electron chi connectivity index (χ4n) is 3.87. The predicted octanol–water partition coefficient (Wildman–Crippen LogP) is 3.02. The Labute approximate surface area is 151 Å². The van der Waals surface area contributed by atoms with E-state index in [9.17, 15) is 9.90 Å². The standard InChI is InChI=1S/C22H22GeO2/c1-18(17-22(24)25)23(19-11-5-2-6-12-19,20-13-7-3-8-14-20)21-15-9-4-10-16-21/h2-16,18H,17H2,1H3,(H,24,25). The molecule has 0 amide bonds. The Balaban J connectivity index is 2.33. The molecule has 0 aliphatic carbocycles. The van der Waals surface area contributed by atoms with E-state index < -0.39 is 19.2 Å². The normalized spacial score (nSPS) is 12.5. The quantitative estimate of drug-likeness (QED) is 0.657. The van der Waals surface area contributed by atoms with Gasteiger partial charge >= 0.3 is 151 Å². The van der Waals surface area contributed by atoms with Crippen LogP contribution in [0.5, 0.6) is 0 Å². The fourth-order valence-corrected chi connectivity index (χ4v) is 15.1. The molecule has 0 aliphatic heterocycles. The van der Waals surface area contributed by atoms with Gasteiger partial charge in [-0.15, -0.1) is 0 Å². The van der Waals surface area contributed by atoms with E-state index >= 15 is 0 Å². The summed E-state index contributed by atoms with van der Waals surface area (Å²) in [6, 6.07) is 31.5. The van der Waals surface area contributed by atoms with E-state index in [0.29, 0.717) is 0 Å². The molecule has 1 unspecified atom stereocenters. The molecule has 25 heavy (non-hydrogen) atoms. The number of benzene rings is 3. The first kappa shape index (κ1) is 17.5. The molecule has 3 heteroatoms. The van der Waals surface area contributed by atoms with Gasteiger partial charge in [-0.2, -0.15) is 0 Å². The van der Waals surface area contributed by atoms with Gasteiger partial charge in [-0.25, -0.2) is 0 Å². The van der Waals surface area contributed by atoms with Crippen molar-refractivity contribution in [3.63, 3.8) is 0 Å². The van der Waals surface area contributed by atoms with Gasteiger partial charge in [-0.1, -0.05) is 0 Å². The second-order valence-electron chi connectivity index (χ2n) is 6.40. The van der Waals surface area contributed by atoms with Gasteiger partial charge in [0, 0.05) is 0 Å². The van der Waals surface area contributed by atoms with Gasteiger partial charge in [0.2, 0.25) is 0 Å². The summed E-state index contributed by atoms with van der Waals surface area (Å²) in [7, 11) is 0. The van der Waals surface area contributed by atoms with Crippen molar-refractivity contribution in [1.29, 1.82) is 0 Å². The summed E-state index contributed by atoms with van der Waals surface area (Å²) < 4.78 is 3.97. The summed E-state index contributed by atoms with van der Waals surface area (Å²) in [6.07, 6.45) is 0.179. The third-order valence-corrected chi connectivity index (χ3v) is 16.3. The zero-order valence-electron chi connectivity index (χ0n) is 14.3. The van der Waals surface area contributed by atoms with Gasteiger partial charge in [0.05, 0.1) is 0 Å². The average Bonchev–Trinajstić information content (AvgIpc) is 2.64. The zero-order chi connectivity index (χ0) is 17.7. The number of hydrogen-bond donors (Lipinski definition) is 1. The van der Waals surface area contributed by atoms with Crippen molar-refractivity contribution in [1.82, 2.24) is 0 Å². The second-order valence-corrected chi connectivity index (χ2v) is 15.5. The molecule has 0 aliphatic rings. The Kier molecular flexibility index (Phi) is 5.39. The van der Waals surface area contributed by atoms with Crippen LogP contribution in [0.2, 0.25) is 4.75 Å².